The summed E-state index contributed by atoms with van der Waals surface area (Å²) in [4.78, 5) is 33.7. The fourth-order valence-electron chi connectivity index (χ4n) is 1.33. The average molecular weight is 298 g/mol. The quantitative estimate of drug-likeness (QED) is 0.742. The van der Waals surface area contributed by atoms with E-state index in [1.165, 1.54) is 38.2 Å². The minimum Gasteiger partial charge on any atom is -0.478 e. The van der Waals surface area contributed by atoms with Crippen LogP contribution in [-0.2, 0) is 15.6 Å². The molecule has 0 saturated carbocycles. The first-order valence-electron chi connectivity index (χ1n) is 5.63. The van der Waals surface area contributed by atoms with E-state index >= 15 is 0 Å². The minimum atomic E-state index is -1.76. The Morgan fingerprint density at radius 3 is 2.50 bits per heavy atom. The van der Waals surface area contributed by atoms with Gasteiger partial charge in [-0.1, -0.05) is 6.07 Å². The summed E-state index contributed by atoms with van der Waals surface area (Å²) < 4.78 is 12.2. The van der Waals surface area contributed by atoms with E-state index in [1.807, 2.05) is 5.32 Å². The fourth-order valence-corrected chi connectivity index (χ4v) is 2.45. The Morgan fingerprint density at radius 2 is 1.95 bits per heavy atom. The van der Waals surface area contributed by atoms with E-state index in [0.29, 0.717) is 0 Å². The van der Waals surface area contributed by atoms with Crippen molar-refractivity contribution in [2.75, 3.05) is 7.05 Å². The molecule has 0 saturated heterocycles. The zero-order valence-electron chi connectivity index (χ0n) is 10.9. The standard InChI is InChI=1S/C12H14N2O5S/c1-7(10(15)14-12(18)13-2)20(19)9-5-3-4-8(6-9)11(16)17/h3-7H,1-2H3,(H,16,17)(H2,13,14,15,18). The number of imide groups is 1. The van der Waals surface area contributed by atoms with Crippen LogP contribution in [0, 0.1) is 0 Å². The predicted octanol–water partition coefficient (Wildman–Crippen LogP) is 0.336. The SMILES string of the molecule is CNC(=O)NC(=O)C(C)S(=O)c1cccc(C(=O)O)c1. The number of carboxylic acid groups (broad SMARTS) is 1. The number of hydrogen-bond donors (Lipinski definition) is 3. The molecule has 2 atom stereocenters. The van der Waals surface area contributed by atoms with Gasteiger partial charge in [-0.25, -0.2) is 9.59 Å². The molecule has 0 aromatic heterocycles. The normalized spacial score (nSPS) is 13.1. The summed E-state index contributed by atoms with van der Waals surface area (Å²) >= 11 is 0. The smallest absolute Gasteiger partial charge is 0.335 e. The van der Waals surface area contributed by atoms with Crippen molar-refractivity contribution in [1.82, 2.24) is 10.6 Å². The summed E-state index contributed by atoms with van der Waals surface area (Å²) in [5.41, 5.74) is -0.0187. The Labute approximate surface area is 117 Å². The lowest BCUT2D eigenvalue weighted by Gasteiger charge is -2.11. The molecule has 8 heteroatoms. The van der Waals surface area contributed by atoms with E-state index in [9.17, 15) is 18.6 Å². The zero-order chi connectivity index (χ0) is 15.3. The van der Waals surface area contributed by atoms with Crippen LogP contribution in [-0.4, -0.2) is 39.5 Å². The first kappa shape index (κ1) is 15.8. The van der Waals surface area contributed by atoms with Crippen LogP contribution in [0.4, 0.5) is 4.79 Å². The molecular weight excluding hydrogens is 284 g/mol. The summed E-state index contributed by atoms with van der Waals surface area (Å²) in [6, 6.07) is 4.81. The van der Waals surface area contributed by atoms with E-state index in [4.69, 9.17) is 5.11 Å². The van der Waals surface area contributed by atoms with Crippen molar-refractivity contribution in [2.24, 2.45) is 0 Å². The van der Waals surface area contributed by atoms with Crippen molar-refractivity contribution in [3.05, 3.63) is 29.8 Å². The summed E-state index contributed by atoms with van der Waals surface area (Å²) in [6.45, 7) is 1.39. The number of urea groups is 1. The number of rotatable bonds is 4. The molecule has 2 unspecified atom stereocenters. The number of amides is 3. The lowest BCUT2D eigenvalue weighted by Crippen LogP contribution is -2.43. The minimum absolute atomic E-state index is 0.0187. The molecule has 0 aliphatic heterocycles. The third-order valence-corrected chi connectivity index (χ3v) is 4.04. The van der Waals surface area contributed by atoms with E-state index in [0.717, 1.165) is 0 Å². The van der Waals surface area contributed by atoms with Crippen molar-refractivity contribution in [3.8, 4) is 0 Å². The maximum absolute atomic E-state index is 12.2. The van der Waals surface area contributed by atoms with Crippen LogP contribution in [0.15, 0.2) is 29.2 Å². The molecule has 0 bridgehead atoms. The molecule has 20 heavy (non-hydrogen) atoms. The van der Waals surface area contributed by atoms with Crippen LogP contribution in [0.5, 0.6) is 0 Å². The van der Waals surface area contributed by atoms with Gasteiger partial charge in [0.2, 0.25) is 5.91 Å². The first-order chi connectivity index (χ1) is 9.36. The number of carbonyl (C=O) groups excluding carboxylic acids is 2. The molecule has 0 heterocycles. The van der Waals surface area contributed by atoms with E-state index < -0.39 is 34.0 Å². The maximum Gasteiger partial charge on any atom is 0.335 e. The number of aromatic carboxylic acids is 1. The highest BCUT2D eigenvalue weighted by molar-refractivity contribution is 7.86. The molecule has 1 rings (SSSR count). The number of hydrogen-bond acceptors (Lipinski definition) is 4. The predicted molar refractivity (Wildman–Crippen MR) is 71.9 cm³/mol. The molecule has 108 valence electrons. The van der Waals surface area contributed by atoms with Gasteiger partial charge in [-0.05, 0) is 25.1 Å². The monoisotopic (exact) mass is 298 g/mol. The van der Waals surface area contributed by atoms with Crippen molar-refractivity contribution < 1.29 is 23.7 Å². The summed E-state index contributed by atoms with van der Waals surface area (Å²) in [5.74, 6) is -1.85. The van der Waals surface area contributed by atoms with Crippen LogP contribution in [0.1, 0.15) is 17.3 Å². The van der Waals surface area contributed by atoms with Crippen molar-refractivity contribution in [2.45, 2.75) is 17.1 Å². The van der Waals surface area contributed by atoms with Crippen LogP contribution in [0.2, 0.25) is 0 Å². The van der Waals surface area contributed by atoms with Gasteiger partial charge < -0.3 is 10.4 Å². The largest absolute Gasteiger partial charge is 0.478 e. The molecule has 0 spiro atoms. The molecule has 0 radical (unpaired) electrons. The van der Waals surface area contributed by atoms with Crippen LogP contribution in [0.25, 0.3) is 0 Å². The molecule has 3 N–H and O–H groups in total. The summed E-state index contributed by atoms with van der Waals surface area (Å²) in [7, 11) is -0.411. The number of nitrogens with one attached hydrogen (secondary N) is 2. The molecule has 0 fully saturated rings. The van der Waals surface area contributed by atoms with Crippen LogP contribution in [0.3, 0.4) is 0 Å². The molecule has 7 nitrogen and oxygen atoms in total. The Morgan fingerprint density at radius 1 is 1.30 bits per heavy atom. The number of carbonyl (C=O) groups is 3. The van der Waals surface area contributed by atoms with Gasteiger partial charge in [0, 0.05) is 11.9 Å². The Kier molecular flexibility index (Phi) is 5.39. The molecule has 3 amide bonds. The van der Waals surface area contributed by atoms with E-state index in [2.05, 4.69) is 5.32 Å². The van der Waals surface area contributed by atoms with Gasteiger partial charge in [-0.3, -0.25) is 14.3 Å². The third-order valence-electron chi connectivity index (χ3n) is 2.47. The van der Waals surface area contributed by atoms with E-state index in [1.54, 1.807) is 0 Å². The Hall–Kier alpha value is -2.22. The van der Waals surface area contributed by atoms with E-state index in [-0.39, 0.29) is 10.5 Å². The Bertz CT molecular complexity index is 573. The second-order valence-corrected chi connectivity index (χ2v) is 5.61. The fraction of sp³-hybridized carbons (Fsp3) is 0.250. The van der Waals surface area contributed by atoms with Gasteiger partial charge in [0.15, 0.2) is 0 Å². The molecule has 0 aliphatic rings. The highest BCUT2D eigenvalue weighted by atomic mass is 32.2. The van der Waals surface area contributed by atoms with Gasteiger partial charge in [-0.15, -0.1) is 0 Å². The summed E-state index contributed by atoms with van der Waals surface area (Å²) in [6.07, 6.45) is 0. The average Bonchev–Trinajstić information content (AvgIpc) is 2.45. The van der Waals surface area contributed by atoms with Crippen molar-refractivity contribution >= 4 is 28.7 Å². The zero-order valence-corrected chi connectivity index (χ0v) is 11.7. The summed E-state index contributed by atoms with van der Waals surface area (Å²) in [5, 5.41) is 12.1. The highest BCUT2D eigenvalue weighted by Gasteiger charge is 2.23. The van der Waals surface area contributed by atoms with Gasteiger partial charge in [-0.2, -0.15) is 0 Å². The lowest BCUT2D eigenvalue weighted by molar-refractivity contribution is -0.119. The lowest BCUT2D eigenvalue weighted by atomic mass is 10.2. The van der Waals surface area contributed by atoms with Gasteiger partial charge in [0.05, 0.1) is 16.4 Å². The molecular formula is C12H14N2O5S. The van der Waals surface area contributed by atoms with Gasteiger partial charge in [0.1, 0.15) is 5.25 Å². The number of carboxylic acids is 1. The molecule has 1 aromatic carbocycles. The van der Waals surface area contributed by atoms with Gasteiger partial charge in [0.25, 0.3) is 0 Å². The van der Waals surface area contributed by atoms with Crippen LogP contribution < -0.4 is 10.6 Å². The second-order valence-electron chi connectivity index (χ2n) is 3.84. The van der Waals surface area contributed by atoms with Gasteiger partial charge >= 0.3 is 12.0 Å². The van der Waals surface area contributed by atoms with Crippen LogP contribution >= 0.6 is 0 Å². The maximum atomic E-state index is 12.2. The van der Waals surface area contributed by atoms with Crippen molar-refractivity contribution in [1.29, 1.82) is 0 Å². The second kappa shape index (κ2) is 6.80. The Balaban J connectivity index is 2.89. The highest BCUT2D eigenvalue weighted by Crippen LogP contribution is 2.14. The number of benzene rings is 1. The molecule has 1 aromatic rings. The molecule has 0 aliphatic carbocycles. The first-order valence-corrected chi connectivity index (χ1v) is 6.84. The topological polar surface area (TPSA) is 113 Å². The third kappa shape index (κ3) is 3.89. The van der Waals surface area contributed by atoms with Crippen molar-refractivity contribution in [3.63, 3.8) is 0 Å².